The summed E-state index contributed by atoms with van der Waals surface area (Å²) in [4.78, 5) is 18.0. The third kappa shape index (κ3) is 16.8. The highest BCUT2D eigenvalue weighted by Gasteiger charge is 1.99. The van der Waals surface area contributed by atoms with E-state index in [9.17, 15) is 0 Å². The molecule has 0 aliphatic carbocycles. The zero-order valence-corrected chi connectivity index (χ0v) is 10.6. The molecule has 0 amide bonds. The Labute approximate surface area is 109 Å². The standard InChI is InChI=1S/C7H7ClO2.2C2H4O2/c8-6-3-1-5(2-4-6)7(9)10;2*1-2(3)4/h1-4,7,9-10H;2*1H3,(H,3,4). The van der Waals surface area contributed by atoms with Gasteiger partial charge in [-0.15, -0.1) is 0 Å². The van der Waals surface area contributed by atoms with Gasteiger partial charge in [-0.25, -0.2) is 0 Å². The molecular weight excluding hydrogens is 264 g/mol. The second kappa shape index (κ2) is 10.5. The Morgan fingerprint density at radius 1 is 1.00 bits per heavy atom. The fourth-order valence-corrected chi connectivity index (χ4v) is 0.761. The Hall–Kier alpha value is -1.63. The lowest BCUT2D eigenvalue weighted by molar-refractivity contribution is -0.135. The van der Waals surface area contributed by atoms with E-state index in [0.29, 0.717) is 10.6 Å². The van der Waals surface area contributed by atoms with Crippen molar-refractivity contribution in [1.82, 2.24) is 0 Å². The van der Waals surface area contributed by atoms with E-state index in [4.69, 9.17) is 41.6 Å². The molecule has 0 aromatic heterocycles. The van der Waals surface area contributed by atoms with Crippen molar-refractivity contribution in [1.29, 1.82) is 0 Å². The van der Waals surface area contributed by atoms with Gasteiger partial charge in [0, 0.05) is 24.4 Å². The number of hydrogen-bond acceptors (Lipinski definition) is 4. The van der Waals surface area contributed by atoms with Gasteiger partial charge in [-0.3, -0.25) is 9.59 Å². The molecule has 0 radical (unpaired) electrons. The number of hydrogen-bond donors (Lipinski definition) is 4. The summed E-state index contributed by atoms with van der Waals surface area (Å²) in [5.41, 5.74) is 0.449. The van der Waals surface area contributed by atoms with Gasteiger partial charge in [0.1, 0.15) is 0 Å². The van der Waals surface area contributed by atoms with Crippen LogP contribution in [0.1, 0.15) is 25.7 Å². The molecule has 0 aliphatic rings. The van der Waals surface area contributed by atoms with Crippen LogP contribution in [0.4, 0.5) is 0 Å². The number of aliphatic carboxylic acids is 2. The van der Waals surface area contributed by atoms with Crippen molar-refractivity contribution in [3.8, 4) is 0 Å². The monoisotopic (exact) mass is 278 g/mol. The summed E-state index contributed by atoms with van der Waals surface area (Å²) in [6.45, 7) is 2.17. The van der Waals surface area contributed by atoms with E-state index in [0.717, 1.165) is 13.8 Å². The number of halogens is 1. The molecule has 0 spiro atoms. The first-order chi connectivity index (χ1) is 8.16. The van der Waals surface area contributed by atoms with Crippen molar-refractivity contribution in [2.24, 2.45) is 0 Å². The molecule has 0 aliphatic heterocycles. The second-order valence-corrected chi connectivity index (χ2v) is 3.40. The third-order valence-corrected chi connectivity index (χ3v) is 1.42. The summed E-state index contributed by atoms with van der Waals surface area (Å²) in [7, 11) is 0. The first kappa shape index (κ1) is 18.7. The first-order valence-electron chi connectivity index (χ1n) is 4.67. The maximum atomic E-state index is 9.00. The minimum atomic E-state index is -1.41. The molecule has 4 N–H and O–H groups in total. The Balaban J connectivity index is 0. The predicted molar refractivity (Wildman–Crippen MR) is 65.3 cm³/mol. The van der Waals surface area contributed by atoms with Crippen LogP contribution in [0, 0.1) is 0 Å². The van der Waals surface area contributed by atoms with Crippen molar-refractivity contribution >= 4 is 23.5 Å². The minimum Gasteiger partial charge on any atom is -0.481 e. The molecule has 0 heterocycles. The number of carbonyl (C=O) groups is 2. The lowest BCUT2D eigenvalue weighted by Gasteiger charge is -2.01. The minimum absolute atomic E-state index is 0.449. The Morgan fingerprint density at radius 2 is 1.28 bits per heavy atom. The van der Waals surface area contributed by atoms with Crippen LogP contribution in [-0.4, -0.2) is 32.4 Å². The van der Waals surface area contributed by atoms with Crippen LogP contribution >= 0.6 is 11.6 Å². The molecule has 0 atom stereocenters. The summed E-state index contributed by atoms with van der Waals surface area (Å²) < 4.78 is 0. The molecule has 0 saturated carbocycles. The van der Waals surface area contributed by atoms with E-state index < -0.39 is 18.2 Å². The molecule has 1 aromatic carbocycles. The van der Waals surface area contributed by atoms with Gasteiger partial charge >= 0.3 is 0 Å². The molecule has 0 bridgehead atoms. The number of carboxylic acid groups (broad SMARTS) is 2. The van der Waals surface area contributed by atoms with Crippen LogP contribution in [0.2, 0.25) is 5.02 Å². The summed E-state index contributed by atoms with van der Waals surface area (Å²) in [5.74, 6) is -1.67. The molecule has 7 heteroatoms. The summed E-state index contributed by atoms with van der Waals surface area (Å²) in [6, 6.07) is 6.34. The highest BCUT2D eigenvalue weighted by Crippen LogP contribution is 2.13. The Kier molecular flexibility index (Phi) is 10.9. The van der Waals surface area contributed by atoms with Gasteiger partial charge in [-0.2, -0.15) is 0 Å². The molecule has 1 rings (SSSR count). The number of carboxylic acids is 2. The summed E-state index contributed by atoms with van der Waals surface area (Å²) >= 11 is 5.55. The first-order valence-corrected chi connectivity index (χ1v) is 5.05. The zero-order valence-electron chi connectivity index (χ0n) is 9.87. The highest BCUT2D eigenvalue weighted by molar-refractivity contribution is 6.30. The maximum Gasteiger partial charge on any atom is 0.300 e. The lowest BCUT2D eigenvalue weighted by Crippen LogP contribution is -1.92. The molecule has 18 heavy (non-hydrogen) atoms. The van der Waals surface area contributed by atoms with Gasteiger partial charge in [-0.1, -0.05) is 23.7 Å². The van der Waals surface area contributed by atoms with Crippen molar-refractivity contribution in [3.63, 3.8) is 0 Å². The average molecular weight is 279 g/mol. The van der Waals surface area contributed by atoms with Crippen LogP contribution in [0.25, 0.3) is 0 Å². The Morgan fingerprint density at radius 3 is 1.50 bits per heavy atom. The van der Waals surface area contributed by atoms with E-state index >= 15 is 0 Å². The van der Waals surface area contributed by atoms with E-state index in [-0.39, 0.29) is 0 Å². The molecule has 1 aromatic rings. The average Bonchev–Trinajstić information content (AvgIpc) is 2.16. The number of aliphatic hydroxyl groups excluding tert-OH is 1. The van der Waals surface area contributed by atoms with Crippen LogP contribution in [0.15, 0.2) is 24.3 Å². The van der Waals surface area contributed by atoms with Gasteiger partial charge in [0.25, 0.3) is 11.9 Å². The molecule has 6 nitrogen and oxygen atoms in total. The SMILES string of the molecule is CC(=O)O.CC(=O)O.OC(O)c1ccc(Cl)cc1. The van der Waals surface area contributed by atoms with Crippen LogP contribution < -0.4 is 0 Å². The largest absolute Gasteiger partial charge is 0.481 e. The summed E-state index contributed by atoms with van der Waals surface area (Å²) in [5, 5.41) is 32.7. The molecule has 0 saturated heterocycles. The molecule has 0 unspecified atom stereocenters. The lowest BCUT2D eigenvalue weighted by atomic mass is 10.2. The Bertz CT molecular complexity index is 340. The van der Waals surface area contributed by atoms with Gasteiger partial charge in [-0.05, 0) is 12.1 Å². The smallest absolute Gasteiger partial charge is 0.300 e. The quantitative estimate of drug-likeness (QED) is 0.579. The fourth-order valence-electron chi connectivity index (χ4n) is 0.635. The van der Waals surface area contributed by atoms with Crippen molar-refractivity contribution in [3.05, 3.63) is 34.9 Å². The van der Waals surface area contributed by atoms with E-state index in [2.05, 4.69) is 0 Å². The van der Waals surface area contributed by atoms with Crippen molar-refractivity contribution in [2.45, 2.75) is 20.1 Å². The van der Waals surface area contributed by atoms with E-state index in [1.54, 1.807) is 24.3 Å². The van der Waals surface area contributed by atoms with Gasteiger partial charge in [0.2, 0.25) is 0 Å². The van der Waals surface area contributed by atoms with Crippen LogP contribution in [0.3, 0.4) is 0 Å². The van der Waals surface area contributed by atoms with Gasteiger partial charge in [0.05, 0.1) is 0 Å². The van der Waals surface area contributed by atoms with Crippen LogP contribution in [-0.2, 0) is 9.59 Å². The fraction of sp³-hybridized carbons (Fsp3) is 0.273. The van der Waals surface area contributed by atoms with E-state index in [1.807, 2.05) is 0 Å². The van der Waals surface area contributed by atoms with Crippen molar-refractivity contribution in [2.75, 3.05) is 0 Å². The predicted octanol–water partition coefficient (Wildman–Crippen LogP) is 1.50. The maximum absolute atomic E-state index is 9.00. The molecule has 102 valence electrons. The third-order valence-electron chi connectivity index (χ3n) is 1.17. The van der Waals surface area contributed by atoms with Gasteiger partial charge in [0.15, 0.2) is 6.29 Å². The summed E-state index contributed by atoms with van der Waals surface area (Å²) in [6.07, 6.45) is -1.41. The molecular formula is C11H15ClO6. The van der Waals surface area contributed by atoms with Gasteiger partial charge < -0.3 is 20.4 Å². The van der Waals surface area contributed by atoms with E-state index in [1.165, 1.54) is 0 Å². The zero-order chi connectivity index (χ0) is 14.7. The highest BCUT2D eigenvalue weighted by atomic mass is 35.5. The number of rotatable bonds is 1. The topological polar surface area (TPSA) is 115 Å². The second-order valence-electron chi connectivity index (χ2n) is 2.96. The number of benzene rings is 1. The molecule has 0 fully saturated rings. The van der Waals surface area contributed by atoms with Crippen molar-refractivity contribution < 1.29 is 30.0 Å². The number of aliphatic hydroxyl groups is 2. The van der Waals surface area contributed by atoms with Crippen LogP contribution in [0.5, 0.6) is 0 Å². The normalized spacial score (nSPS) is 8.56.